The Hall–Kier alpha value is -3.15. The minimum Gasteiger partial charge on any atom is -0.449 e. The van der Waals surface area contributed by atoms with Crippen molar-refractivity contribution in [3.05, 3.63) is 59.7 Å². The highest BCUT2D eigenvalue weighted by atomic mass is 16.5. The molecule has 0 heterocycles. The van der Waals surface area contributed by atoms with Crippen molar-refractivity contribution in [1.82, 2.24) is 5.32 Å². The fraction of sp³-hybridized carbons (Fsp3) is 0.348. The molecule has 0 aliphatic heterocycles. The Morgan fingerprint density at radius 1 is 1.00 bits per heavy atom. The van der Waals surface area contributed by atoms with Gasteiger partial charge in [0.15, 0.2) is 5.78 Å². The topological polar surface area (TPSA) is 98.5 Å². The van der Waals surface area contributed by atoms with Gasteiger partial charge in [-0.05, 0) is 28.7 Å². The van der Waals surface area contributed by atoms with Crippen LogP contribution in [0, 0.1) is 5.92 Å². The molecule has 3 rings (SSSR count). The van der Waals surface area contributed by atoms with Crippen LogP contribution in [-0.2, 0) is 14.3 Å². The van der Waals surface area contributed by atoms with Crippen molar-refractivity contribution in [2.45, 2.75) is 38.6 Å². The van der Waals surface area contributed by atoms with Gasteiger partial charge in [-0.3, -0.25) is 9.59 Å². The van der Waals surface area contributed by atoms with Crippen LogP contribution >= 0.6 is 0 Å². The summed E-state index contributed by atoms with van der Waals surface area (Å²) in [4.78, 5) is 35.8. The van der Waals surface area contributed by atoms with Crippen LogP contribution in [0.15, 0.2) is 48.5 Å². The third kappa shape index (κ3) is 4.65. The lowest BCUT2D eigenvalue weighted by Crippen LogP contribution is -2.43. The SMILES string of the molecule is CC(C)C(=O)[C@H](CCC(N)=O)NC(=O)OCC1c2ccccc2-c2ccccc21. The number of carbonyl (C=O) groups excluding carboxylic acids is 3. The summed E-state index contributed by atoms with van der Waals surface area (Å²) >= 11 is 0. The molecule has 0 saturated carbocycles. The highest BCUT2D eigenvalue weighted by Gasteiger charge is 2.30. The van der Waals surface area contributed by atoms with Gasteiger partial charge < -0.3 is 15.8 Å². The second-order valence-corrected chi connectivity index (χ2v) is 7.58. The average molecular weight is 394 g/mol. The minimum absolute atomic E-state index is 0.0206. The van der Waals surface area contributed by atoms with Crippen LogP contribution in [0.5, 0.6) is 0 Å². The van der Waals surface area contributed by atoms with Crippen molar-refractivity contribution in [3.8, 4) is 11.1 Å². The molecule has 0 unspecified atom stereocenters. The molecule has 0 spiro atoms. The fourth-order valence-electron chi connectivity index (χ4n) is 3.76. The summed E-state index contributed by atoms with van der Waals surface area (Å²) in [6, 6.07) is 15.3. The van der Waals surface area contributed by atoms with Crippen molar-refractivity contribution in [3.63, 3.8) is 0 Å². The van der Waals surface area contributed by atoms with E-state index in [9.17, 15) is 14.4 Å². The van der Waals surface area contributed by atoms with Crippen molar-refractivity contribution in [1.29, 1.82) is 0 Å². The average Bonchev–Trinajstić information content (AvgIpc) is 3.02. The lowest BCUT2D eigenvalue weighted by Gasteiger charge is -2.20. The van der Waals surface area contributed by atoms with Crippen LogP contribution in [0.25, 0.3) is 11.1 Å². The number of rotatable bonds is 8. The Kier molecular flexibility index (Phi) is 6.32. The maximum Gasteiger partial charge on any atom is 0.407 e. The van der Waals surface area contributed by atoms with E-state index in [0.717, 1.165) is 22.3 Å². The molecular weight excluding hydrogens is 368 g/mol. The molecular formula is C23H26N2O4. The molecule has 0 radical (unpaired) electrons. The van der Waals surface area contributed by atoms with E-state index in [1.807, 2.05) is 36.4 Å². The van der Waals surface area contributed by atoms with Gasteiger partial charge in [0.1, 0.15) is 6.61 Å². The molecule has 0 saturated heterocycles. The summed E-state index contributed by atoms with van der Waals surface area (Å²) in [5, 5.41) is 2.61. The van der Waals surface area contributed by atoms with Gasteiger partial charge in [0.25, 0.3) is 0 Å². The lowest BCUT2D eigenvalue weighted by molar-refractivity contribution is -0.124. The van der Waals surface area contributed by atoms with E-state index in [-0.39, 0.29) is 37.1 Å². The molecule has 29 heavy (non-hydrogen) atoms. The van der Waals surface area contributed by atoms with Gasteiger partial charge in [0.05, 0.1) is 6.04 Å². The van der Waals surface area contributed by atoms with Gasteiger partial charge in [-0.15, -0.1) is 0 Å². The minimum atomic E-state index is -0.793. The Morgan fingerprint density at radius 3 is 2.07 bits per heavy atom. The zero-order chi connectivity index (χ0) is 21.0. The number of ether oxygens (including phenoxy) is 1. The Labute approximate surface area is 170 Å². The Morgan fingerprint density at radius 2 is 1.55 bits per heavy atom. The molecule has 2 aromatic rings. The summed E-state index contributed by atoms with van der Waals surface area (Å²) in [5.74, 6) is -1.000. The zero-order valence-electron chi connectivity index (χ0n) is 16.7. The molecule has 0 aromatic heterocycles. The Balaban J connectivity index is 1.68. The number of primary amides is 1. The third-order valence-corrected chi connectivity index (χ3v) is 5.23. The summed E-state index contributed by atoms with van der Waals surface area (Å²) in [6.07, 6.45) is -0.487. The number of nitrogens with one attached hydrogen (secondary N) is 1. The van der Waals surface area contributed by atoms with E-state index in [1.54, 1.807) is 13.8 Å². The van der Waals surface area contributed by atoms with Crippen molar-refractivity contribution < 1.29 is 19.1 Å². The standard InChI is InChI=1S/C23H26N2O4/c1-14(2)22(27)20(11-12-21(24)26)25-23(28)29-13-19-17-9-5-3-7-15(17)16-8-4-6-10-18(16)19/h3-10,14,19-20H,11-13H2,1-2H3,(H2,24,26)(H,25,28)/t20-/m0/s1. The number of nitrogens with two attached hydrogens (primary N) is 1. The van der Waals surface area contributed by atoms with Gasteiger partial charge in [0.2, 0.25) is 5.91 Å². The highest BCUT2D eigenvalue weighted by Crippen LogP contribution is 2.44. The van der Waals surface area contributed by atoms with Gasteiger partial charge in [-0.25, -0.2) is 4.79 Å². The molecule has 6 nitrogen and oxygen atoms in total. The van der Waals surface area contributed by atoms with Crippen LogP contribution in [0.1, 0.15) is 43.7 Å². The van der Waals surface area contributed by atoms with Gasteiger partial charge in [0, 0.05) is 18.3 Å². The van der Waals surface area contributed by atoms with E-state index < -0.39 is 18.0 Å². The number of hydrogen-bond donors (Lipinski definition) is 2. The van der Waals surface area contributed by atoms with E-state index in [1.165, 1.54) is 0 Å². The van der Waals surface area contributed by atoms with E-state index in [2.05, 4.69) is 17.4 Å². The first kappa shape index (κ1) is 20.6. The highest BCUT2D eigenvalue weighted by molar-refractivity contribution is 5.89. The fourth-order valence-corrected chi connectivity index (χ4v) is 3.76. The van der Waals surface area contributed by atoms with E-state index >= 15 is 0 Å². The summed E-state index contributed by atoms with van der Waals surface area (Å²) in [5.41, 5.74) is 9.71. The Bertz CT molecular complexity index is 877. The molecule has 1 aliphatic carbocycles. The van der Waals surface area contributed by atoms with E-state index in [0.29, 0.717) is 0 Å². The predicted octanol–water partition coefficient (Wildman–Crippen LogP) is 3.38. The molecule has 3 N–H and O–H groups in total. The maximum absolute atomic E-state index is 12.4. The van der Waals surface area contributed by atoms with Crippen molar-refractivity contribution in [2.75, 3.05) is 6.61 Å². The van der Waals surface area contributed by atoms with Crippen molar-refractivity contribution in [2.24, 2.45) is 11.7 Å². The zero-order valence-corrected chi connectivity index (χ0v) is 16.7. The van der Waals surface area contributed by atoms with E-state index in [4.69, 9.17) is 10.5 Å². The van der Waals surface area contributed by atoms with Crippen LogP contribution in [0.4, 0.5) is 4.79 Å². The largest absolute Gasteiger partial charge is 0.449 e. The van der Waals surface area contributed by atoms with Gasteiger partial charge in [-0.1, -0.05) is 62.4 Å². The first-order chi connectivity index (χ1) is 13.9. The monoisotopic (exact) mass is 394 g/mol. The molecule has 1 aliphatic rings. The molecule has 6 heteroatoms. The smallest absolute Gasteiger partial charge is 0.407 e. The molecule has 152 valence electrons. The number of amides is 2. The van der Waals surface area contributed by atoms with Crippen LogP contribution in [-0.4, -0.2) is 30.4 Å². The molecule has 2 amide bonds. The first-order valence-electron chi connectivity index (χ1n) is 9.82. The number of Topliss-reactive ketones (excluding diaryl/α,β-unsaturated/α-hetero) is 1. The molecule has 2 aromatic carbocycles. The second-order valence-electron chi connectivity index (χ2n) is 7.58. The molecule has 0 bridgehead atoms. The molecule has 1 atom stereocenters. The summed E-state index contributed by atoms with van der Waals surface area (Å²) in [7, 11) is 0. The van der Waals surface area contributed by atoms with Gasteiger partial charge >= 0.3 is 6.09 Å². The number of benzene rings is 2. The van der Waals surface area contributed by atoms with Gasteiger partial charge in [-0.2, -0.15) is 0 Å². The van der Waals surface area contributed by atoms with Crippen molar-refractivity contribution >= 4 is 17.8 Å². The van der Waals surface area contributed by atoms with Crippen LogP contribution < -0.4 is 11.1 Å². The lowest BCUT2D eigenvalue weighted by atomic mass is 9.98. The quantitative estimate of drug-likeness (QED) is 0.717. The second kappa shape index (κ2) is 8.90. The number of carbonyl (C=O) groups is 3. The summed E-state index contributed by atoms with van der Waals surface area (Å²) in [6.45, 7) is 3.66. The predicted molar refractivity (Wildman–Crippen MR) is 110 cm³/mol. The normalized spacial score (nSPS) is 13.5. The molecule has 0 fully saturated rings. The maximum atomic E-state index is 12.4. The summed E-state index contributed by atoms with van der Waals surface area (Å²) < 4.78 is 5.49. The number of hydrogen-bond acceptors (Lipinski definition) is 4. The van der Waals surface area contributed by atoms with Crippen LogP contribution in [0.2, 0.25) is 0 Å². The third-order valence-electron chi connectivity index (χ3n) is 5.23. The number of alkyl carbamates (subject to hydrolysis) is 1. The number of ketones is 1. The van der Waals surface area contributed by atoms with Crippen LogP contribution in [0.3, 0.4) is 0 Å². The first-order valence-corrected chi connectivity index (χ1v) is 9.82. The number of fused-ring (bicyclic) bond motifs is 3.